The molecule has 2 atom stereocenters. The third-order valence-electron chi connectivity index (χ3n) is 4.22. The molecule has 0 radical (unpaired) electrons. The lowest BCUT2D eigenvalue weighted by atomic mass is 9.74. The second-order valence-corrected chi connectivity index (χ2v) is 6.11. The number of nitrogens with two attached hydrogens (primary N) is 1. The Morgan fingerprint density at radius 3 is 2.79 bits per heavy atom. The molecule has 1 fully saturated rings. The van der Waals surface area contributed by atoms with Crippen molar-refractivity contribution in [2.75, 3.05) is 5.32 Å². The van der Waals surface area contributed by atoms with Gasteiger partial charge in [0.2, 0.25) is 5.91 Å². The molecule has 1 aromatic carbocycles. The van der Waals surface area contributed by atoms with E-state index in [9.17, 15) is 4.79 Å². The van der Waals surface area contributed by atoms with Gasteiger partial charge in [-0.3, -0.25) is 4.79 Å². The predicted molar refractivity (Wildman–Crippen MR) is 79.1 cm³/mol. The fourth-order valence-corrected chi connectivity index (χ4v) is 2.88. The third kappa shape index (κ3) is 3.16. The van der Waals surface area contributed by atoms with Crippen molar-refractivity contribution in [1.82, 2.24) is 0 Å². The van der Waals surface area contributed by atoms with Crippen molar-refractivity contribution in [1.29, 1.82) is 0 Å². The number of aryl methyl sites for hydroxylation is 2. The molecule has 3 N–H and O–H groups in total. The van der Waals surface area contributed by atoms with E-state index in [1.54, 1.807) is 0 Å². The van der Waals surface area contributed by atoms with E-state index in [4.69, 9.17) is 5.73 Å². The number of amides is 1. The minimum absolute atomic E-state index is 0.0680. The fraction of sp³-hybridized carbons (Fsp3) is 0.562. The minimum Gasteiger partial charge on any atom is -0.326 e. The van der Waals surface area contributed by atoms with Crippen molar-refractivity contribution in [2.45, 2.75) is 52.0 Å². The standard InChI is InChI=1S/C16H24N2O/c1-11-7-8-12(2)14(10-11)18-15(19)13-6-4-5-9-16(13,3)17/h7-8,10,13H,4-6,9,17H2,1-3H3,(H,18,19). The van der Waals surface area contributed by atoms with E-state index >= 15 is 0 Å². The Hall–Kier alpha value is -1.35. The number of benzene rings is 1. The molecule has 0 aliphatic heterocycles. The Labute approximate surface area is 115 Å². The van der Waals surface area contributed by atoms with E-state index in [1.165, 1.54) is 0 Å². The highest BCUT2D eigenvalue weighted by molar-refractivity contribution is 5.94. The van der Waals surface area contributed by atoms with Crippen LogP contribution in [0.5, 0.6) is 0 Å². The molecule has 1 aromatic rings. The topological polar surface area (TPSA) is 55.1 Å². The van der Waals surface area contributed by atoms with Gasteiger partial charge < -0.3 is 11.1 Å². The molecule has 2 rings (SSSR count). The summed E-state index contributed by atoms with van der Waals surface area (Å²) >= 11 is 0. The van der Waals surface area contributed by atoms with Gasteiger partial charge in [-0.25, -0.2) is 0 Å². The zero-order valence-electron chi connectivity index (χ0n) is 12.1. The third-order valence-corrected chi connectivity index (χ3v) is 4.22. The Morgan fingerprint density at radius 1 is 1.37 bits per heavy atom. The van der Waals surface area contributed by atoms with Crippen molar-refractivity contribution in [3.05, 3.63) is 29.3 Å². The summed E-state index contributed by atoms with van der Waals surface area (Å²) in [6, 6.07) is 6.11. The summed E-state index contributed by atoms with van der Waals surface area (Å²) in [5.41, 5.74) is 9.06. The van der Waals surface area contributed by atoms with Gasteiger partial charge in [-0.15, -0.1) is 0 Å². The summed E-state index contributed by atoms with van der Waals surface area (Å²) in [5.74, 6) is -0.0143. The number of carbonyl (C=O) groups excluding carboxylic acids is 1. The summed E-state index contributed by atoms with van der Waals surface area (Å²) in [5, 5.41) is 3.06. The van der Waals surface area contributed by atoms with E-state index < -0.39 is 0 Å². The number of anilines is 1. The van der Waals surface area contributed by atoms with Crippen molar-refractivity contribution in [2.24, 2.45) is 11.7 Å². The van der Waals surface area contributed by atoms with Crippen LogP contribution in [0.2, 0.25) is 0 Å². The lowest BCUT2D eigenvalue weighted by Gasteiger charge is -2.37. The molecule has 1 amide bonds. The molecule has 2 unspecified atom stereocenters. The molecule has 3 heteroatoms. The maximum Gasteiger partial charge on any atom is 0.229 e. The van der Waals surface area contributed by atoms with Gasteiger partial charge in [0.1, 0.15) is 0 Å². The molecular formula is C16H24N2O. The average Bonchev–Trinajstić information content (AvgIpc) is 2.33. The summed E-state index contributed by atoms with van der Waals surface area (Å²) in [6.07, 6.45) is 4.04. The fourth-order valence-electron chi connectivity index (χ4n) is 2.88. The van der Waals surface area contributed by atoms with Crippen LogP contribution in [-0.2, 0) is 4.79 Å². The maximum atomic E-state index is 12.5. The number of nitrogens with one attached hydrogen (secondary N) is 1. The second-order valence-electron chi connectivity index (χ2n) is 6.11. The summed E-state index contributed by atoms with van der Waals surface area (Å²) in [7, 11) is 0. The van der Waals surface area contributed by atoms with Crippen LogP contribution in [0.15, 0.2) is 18.2 Å². The smallest absolute Gasteiger partial charge is 0.229 e. The first-order valence-electron chi connectivity index (χ1n) is 7.07. The maximum absolute atomic E-state index is 12.5. The van der Waals surface area contributed by atoms with Gasteiger partial charge in [-0.2, -0.15) is 0 Å². The molecule has 0 heterocycles. The molecule has 0 saturated heterocycles. The number of carbonyl (C=O) groups is 1. The zero-order chi connectivity index (χ0) is 14.0. The van der Waals surface area contributed by atoms with Crippen LogP contribution >= 0.6 is 0 Å². The molecule has 0 aromatic heterocycles. The van der Waals surface area contributed by atoms with Crippen molar-refractivity contribution in [3.63, 3.8) is 0 Å². The van der Waals surface area contributed by atoms with E-state index in [-0.39, 0.29) is 17.4 Å². The van der Waals surface area contributed by atoms with Crippen LogP contribution in [0.25, 0.3) is 0 Å². The SMILES string of the molecule is Cc1ccc(C)c(NC(=O)C2CCCCC2(C)N)c1. The number of rotatable bonds is 2. The van der Waals surface area contributed by atoms with E-state index in [0.29, 0.717) is 0 Å². The van der Waals surface area contributed by atoms with Crippen LogP contribution in [-0.4, -0.2) is 11.4 Å². The van der Waals surface area contributed by atoms with E-state index in [2.05, 4.69) is 11.4 Å². The van der Waals surface area contributed by atoms with Gasteiger partial charge in [-0.05, 0) is 50.8 Å². The first-order chi connectivity index (χ1) is 8.90. The highest BCUT2D eigenvalue weighted by Crippen LogP contribution is 2.32. The van der Waals surface area contributed by atoms with Gasteiger partial charge in [0, 0.05) is 11.2 Å². The molecule has 0 spiro atoms. The van der Waals surface area contributed by atoms with E-state index in [1.807, 2.05) is 32.9 Å². The van der Waals surface area contributed by atoms with Crippen LogP contribution in [0.4, 0.5) is 5.69 Å². The zero-order valence-corrected chi connectivity index (χ0v) is 12.1. The van der Waals surface area contributed by atoms with Crippen LogP contribution in [0.3, 0.4) is 0 Å². The van der Waals surface area contributed by atoms with Crippen molar-refractivity contribution < 1.29 is 4.79 Å². The van der Waals surface area contributed by atoms with E-state index in [0.717, 1.165) is 42.5 Å². The monoisotopic (exact) mass is 260 g/mol. The molecule has 19 heavy (non-hydrogen) atoms. The lowest BCUT2D eigenvalue weighted by Crippen LogP contribution is -2.51. The first kappa shape index (κ1) is 14.1. The van der Waals surface area contributed by atoms with Crippen LogP contribution < -0.4 is 11.1 Å². The quantitative estimate of drug-likeness (QED) is 0.858. The van der Waals surface area contributed by atoms with Gasteiger partial charge in [0.05, 0.1) is 5.92 Å². The van der Waals surface area contributed by atoms with Crippen molar-refractivity contribution in [3.8, 4) is 0 Å². The minimum atomic E-state index is -0.375. The largest absolute Gasteiger partial charge is 0.326 e. The van der Waals surface area contributed by atoms with Gasteiger partial charge in [-0.1, -0.05) is 25.0 Å². The first-order valence-corrected chi connectivity index (χ1v) is 7.07. The molecule has 0 bridgehead atoms. The number of hydrogen-bond donors (Lipinski definition) is 2. The Bertz CT molecular complexity index is 480. The molecular weight excluding hydrogens is 236 g/mol. The van der Waals surface area contributed by atoms with Crippen LogP contribution in [0, 0.1) is 19.8 Å². The van der Waals surface area contributed by atoms with Gasteiger partial charge in [0.15, 0.2) is 0 Å². The molecule has 1 aliphatic rings. The lowest BCUT2D eigenvalue weighted by molar-refractivity contribution is -0.122. The summed E-state index contributed by atoms with van der Waals surface area (Å²) in [6.45, 7) is 6.04. The Balaban J connectivity index is 2.14. The average molecular weight is 260 g/mol. The highest BCUT2D eigenvalue weighted by Gasteiger charge is 2.37. The van der Waals surface area contributed by atoms with Gasteiger partial charge in [0.25, 0.3) is 0 Å². The highest BCUT2D eigenvalue weighted by atomic mass is 16.1. The van der Waals surface area contributed by atoms with Crippen molar-refractivity contribution >= 4 is 11.6 Å². The van der Waals surface area contributed by atoms with Crippen LogP contribution in [0.1, 0.15) is 43.7 Å². The second kappa shape index (κ2) is 5.33. The normalized spacial score (nSPS) is 27.1. The van der Waals surface area contributed by atoms with Gasteiger partial charge >= 0.3 is 0 Å². The molecule has 3 nitrogen and oxygen atoms in total. The molecule has 104 valence electrons. The Kier molecular flexibility index (Phi) is 3.95. The number of hydrogen-bond acceptors (Lipinski definition) is 2. The molecule has 1 saturated carbocycles. The summed E-state index contributed by atoms with van der Waals surface area (Å²) in [4.78, 5) is 12.5. The molecule has 1 aliphatic carbocycles. The summed E-state index contributed by atoms with van der Waals surface area (Å²) < 4.78 is 0. The predicted octanol–water partition coefficient (Wildman–Crippen LogP) is 3.15. The Morgan fingerprint density at radius 2 is 2.11 bits per heavy atom.